The number of carbonyl (C=O) groups is 1. The zero-order chi connectivity index (χ0) is 17.8. The van der Waals surface area contributed by atoms with Crippen LogP contribution in [0.25, 0.3) is 10.9 Å². The highest BCUT2D eigenvalue weighted by Crippen LogP contribution is 2.24. The number of hydrogen-bond donors (Lipinski definition) is 2. The van der Waals surface area contributed by atoms with Crippen LogP contribution in [-0.4, -0.2) is 35.1 Å². The smallest absolute Gasteiger partial charge is 0.270 e. The minimum atomic E-state index is -0.194. The van der Waals surface area contributed by atoms with Crippen molar-refractivity contribution in [1.29, 1.82) is 0 Å². The van der Waals surface area contributed by atoms with Crippen molar-refractivity contribution >= 4 is 28.2 Å². The molecule has 0 aliphatic carbocycles. The predicted molar refractivity (Wildman–Crippen MR) is 101 cm³/mol. The molecule has 0 bridgehead atoms. The number of nitrogens with zero attached hydrogens (tertiary/aromatic N) is 2. The van der Waals surface area contributed by atoms with Crippen LogP contribution in [0, 0.1) is 0 Å². The Morgan fingerprint density at radius 2 is 2.08 bits per heavy atom. The average molecular weight is 348 g/mol. The molecule has 2 aromatic heterocycles. The van der Waals surface area contributed by atoms with Crippen molar-refractivity contribution in [2.45, 2.75) is 18.9 Å². The van der Waals surface area contributed by atoms with Crippen LogP contribution in [0.15, 0.2) is 54.9 Å². The van der Waals surface area contributed by atoms with E-state index in [0.29, 0.717) is 12.2 Å². The van der Waals surface area contributed by atoms with E-state index in [-0.39, 0.29) is 12.0 Å². The molecule has 1 aliphatic rings. The van der Waals surface area contributed by atoms with Crippen molar-refractivity contribution in [2.75, 3.05) is 18.5 Å². The van der Waals surface area contributed by atoms with Crippen LogP contribution in [0.3, 0.4) is 0 Å². The molecular formula is C20H20N4O2. The van der Waals surface area contributed by atoms with Gasteiger partial charge in [-0.15, -0.1) is 0 Å². The second-order valence-electron chi connectivity index (χ2n) is 6.28. The van der Waals surface area contributed by atoms with Gasteiger partial charge in [-0.05, 0) is 37.1 Å². The van der Waals surface area contributed by atoms with Gasteiger partial charge in [0, 0.05) is 36.6 Å². The fourth-order valence-corrected chi connectivity index (χ4v) is 3.10. The summed E-state index contributed by atoms with van der Waals surface area (Å²) in [6.07, 6.45) is 5.55. The largest absolute Gasteiger partial charge is 0.376 e. The van der Waals surface area contributed by atoms with Crippen LogP contribution in [0.5, 0.6) is 0 Å². The number of amides is 1. The van der Waals surface area contributed by atoms with E-state index in [9.17, 15) is 4.79 Å². The maximum absolute atomic E-state index is 12.3. The van der Waals surface area contributed by atoms with Crippen LogP contribution in [0.4, 0.5) is 11.4 Å². The van der Waals surface area contributed by atoms with Gasteiger partial charge in [0.1, 0.15) is 5.69 Å². The highest BCUT2D eigenvalue weighted by molar-refractivity contribution is 5.95. The molecule has 1 atom stereocenters. The van der Waals surface area contributed by atoms with Crippen LogP contribution in [-0.2, 0) is 4.74 Å². The number of anilines is 2. The van der Waals surface area contributed by atoms with Gasteiger partial charge in [0.05, 0.1) is 17.3 Å². The van der Waals surface area contributed by atoms with Gasteiger partial charge in [0.2, 0.25) is 0 Å². The third-order valence-corrected chi connectivity index (χ3v) is 4.42. The first-order valence-corrected chi connectivity index (χ1v) is 8.76. The third-order valence-electron chi connectivity index (χ3n) is 4.42. The molecule has 1 aliphatic heterocycles. The van der Waals surface area contributed by atoms with Crippen molar-refractivity contribution in [1.82, 2.24) is 15.3 Å². The number of aromatic nitrogens is 2. The molecule has 1 saturated heterocycles. The quantitative estimate of drug-likeness (QED) is 0.740. The molecule has 0 spiro atoms. The maximum atomic E-state index is 12.3. The van der Waals surface area contributed by atoms with Gasteiger partial charge < -0.3 is 15.4 Å². The van der Waals surface area contributed by atoms with Crippen molar-refractivity contribution in [3.8, 4) is 0 Å². The standard InChI is InChI=1S/C20H20N4O2/c25-20(23-13-16-6-3-11-26-16)18-12-15(8-10-21-18)24-17-7-1-4-14-5-2-9-22-19(14)17/h1-2,4-5,7-10,12,16H,3,6,11,13H2,(H,21,24)(H,23,25). The molecular weight excluding hydrogens is 328 g/mol. The third kappa shape index (κ3) is 3.65. The van der Waals surface area contributed by atoms with Gasteiger partial charge >= 0.3 is 0 Å². The molecule has 3 heterocycles. The number of nitrogens with one attached hydrogen (secondary N) is 2. The highest BCUT2D eigenvalue weighted by Gasteiger charge is 2.17. The Hall–Kier alpha value is -2.99. The second kappa shape index (κ2) is 7.49. The molecule has 6 nitrogen and oxygen atoms in total. The number of rotatable bonds is 5. The SMILES string of the molecule is O=C(NCC1CCCO1)c1cc(Nc2cccc3cccnc23)ccn1. The van der Waals surface area contributed by atoms with Crippen LogP contribution < -0.4 is 10.6 Å². The average Bonchev–Trinajstić information content (AvgIpc) is 3.20. The van der Waals surface area contributed by atoms with E-state index in [2.05, 4.69) is 20.6 Å². The number of hydrogen-bond acceptors (Lipinski definition) is 5. The van der Waals surface area contributed by atoms with Crippen LogP contribution in [0.1, 0.15) is 23.3 Å². The lowest BCUT2D eigenvalue weighted by Crippen LogP contribution is -2.32. The lowest BCUT2D eigenvalue weighted by Gasteiger charge is -2.12. The van der Waals surface area contributed by atoms with E-state index in [1.54, 1.807) is 18.5 Å². The normalized spacial score (nSPS) is 16.5. The summed E-state index contributed by atoms with van der Waals surface area (Å²) in [6, 6.07) is 13.5. The van der Waals surface area contributed by atoms with E-state index >= 15 is 0 Å². The summed E-state index contributed by atoms with van der Waals surface area (Å²) >= 11 is 0. The predicted octanol–water partition coefficient (Wildman–Crippen LogP) is 3.28. The highest BCUT2D eigenvalue weighted by atomic mass is 16.5. The van der Waals surface area contributed by atoms with Crippen molar-refractivity contribution in [3.05, 3.63) is 60.6 Å². The number of carbonyl (C=O) groups excluding carboxylic acids is 1. The van der Waals surface area contributed by atoms with E-state index in [0.717, 1.165) is 41.7 Å². The number of para-hydroxylation sites is 1. The Kier molecular flexibility index (Phi) is 4.75. The summed E-state index contributed by atoms with van der Waals surface area (Å²) in [5.41, 5.74) is 2.94. The first kappa shape index (κ1) is 16.5. The Morgan fingerprint density at radius 1 is 1.15 bits per heavy atom. The van der Waals surface area contributed by atoms with E-state index in [1.807, 2.05) is 36.4 Å². The summed E-state index contributed by atoms with van der Waals surface area (Å²) in [5, 5.41) is 7.28. The molecule has 2 N–H and O–H groups in total. The van der Waals surface area contributed by atoms with Crippen LogP contribution >= 0.6 is 0 Å². The van der Waals surface area contributed by atoms with Gasteiger partial charge in [-0.3, -0.25) is 14.8 Å². The minimum absolute atomic E-state index is 0.113. The maximum Gasteiger partial charge on any atom is 0.270 e. The molecule has 4 rings (SSSR count). The van der Waals surface area contributed by atoms with E-state index in [4.69, 9.17) is 4.74 Å². The van der Waals surface area contributed by atoms with E-state index in [1.165, 1.54) is 0 Å². The van der Waals surface area contributed by atoms with Gasteiger partial charge in [-0.2, -0.15) is 0 Å². The number of pyridine rings is 2. The lowest BCUT2D eigenvalue weighted by molar-refractivity contribution is 0.0854. The van der Waals surface area contributed by atoms with E-state index < -0.39 is 0 Å². The summed E-state index contributed by atoms with van der Waals surface area (Å²) in [5.74, 6) is -0.194. The number of ether oxygens (including phenoxy) is 1. The van der Waals surface area contributed by atoms with Gasteiger partial charge in [-0.1, -0.05) is 18.2 Å². The summed E-state index contributed by atoms with van der Waals surface area (Å²) in [4.78, 5) is 21.0. The number of fused-ring (bicyclic) bond motifs is 1. The molecule has 1 amide bonds. The molecule has 1 fully saturated rings. The molecule has 3 aromatic rings. The summed E-state index contributed by atoms with van der Waals surface area (Å²) in [6.45, 7) is 1.29. The molecule has 1 aromatic carbocycles. The van der Waals surface area contributed by atoms with Gasteiger partial charge in [0.25, 0.3) is 5.91 Å². The Labute approximate surface area is 151 Å². The molecule has 6 heteroatoms. The fourth-order valence-electron chi connectivity index (χ4n) is 3.10. The van der Waals surface area contributed by atoms with Crippen molar-refractivity contribution in [3.63, 3.8) is 0 Å². The molecule has 0 radical (unpaired) electrons. The summed E-state index contributed by atoms with van der Waals surface area (Å²) in [7, 11) is 0. The summed E-state index contributed by atoms with van der Waals surface area (Å²) < 4.78 is 5.53. The zero-order valence-corrected chi connectivity index (χ0v) is 14.3. The van der Waals surface area contributed by atoms with Crippen molar-refractivity contribution < 1.29 is 9.53 Å². The molecule has 132 valence electrons. The van der Waals surface area contributed by atoms with Gasteiger partial charge in [0.15, 0.2) is 0 Å². The first-order valence-electron chi connectivity index (χ1n) is 8.76. The molecule has 26 heavy (non-hydrogen) atoms. The topological polar surface area (TPSA) is 76.1 Å². The monoisotopic (exact) mass is 348 g/mol. The van der Waals surface area contributed by atoms with Gasteiger partial charge in [-0.25, -0.2) is 0 Å². The van der Waals surface area contributed by atoms with Crippen LogP contribution in [0.2, 0.25) is 0 Å². The fraction of sp³-hybridized carbons (Fsp3) is 0.250. The minimum Gasteiger partial charge on any atom is -0.376 e. The molecule has 0 saturated carbocycles. The lowest BCUT2D eigenvalue weighted by atomic mass is 10.2. The zero-order valence-electron chi connectivity index (χ0n) is 14.3. The first-order chi connectivity index (χ1) is 12.8. The molecule has 1 unspecified atom stereocenters. The Morgan fingerprint density at radius 3 is 2.96 bits per heavy atom. The number of benzene rings is 1. The second-order valence-corrected chi connectivity index (χ2v) is 6.28. The van der Waals surface area contributed by atoms with Crippen molar-refractivity contribution in [2.24, 2.45) is 0 Å². The Bertz CT molecular complexity index is 917. The Balaban J connectivity index is 1.49.